The number of nitrogens with zero attached hydrogens (tertiary/aromatic N) is 2. The molecule has 6 heteroatoms. The number of fused-ring (bicyclic) bond motifs is 1. The Morgan fingerprint density at radius 3 is 2.86 bits per heavy atom. The van der Waals surface area contributed by atoms with Gasteiger partial charge in [0, 0.05) is 13.6 Å². The molecule has 1 amide bonds. The molecule has 0 aliphatic rings. The maximum atomic E-state index is 12.1. The number of rotatable bonds is 7. The average Bonchev–Trinajstić information content (AvgIpc) is 2.96. The normalized spacial score (nSPS) is 13.8. The number of hydrogen-bond donors (Lipinski definition) is 2. The second-order valence-electron chi connectivity index (χ2n) is 5.10. The third kappa shape index (κ3) is 3.71. The Morgan fingerprint density at radius 2 is 2.18 bits per heavy atom. The van der Waals surface area contributed by atoms with Crippen molar-refractivity contribution in [2.24, 2.45) is 0 Å². The molecule has 2 aromatic rings. The highest BCUT2D eigenvalue weighted by molar-refractivity contribution is 7.18. The summed E-state index contributed by atoms with van der Waals surface area (Å²) < 4.78 is 0.913. The van der Waals surface area contributed by atoms with Gasteiger partial charge in [-0.05, 0) is 25.0 Å². The molecule has 2 rings (SSSR count). The van der Waals surface area contributed by atoms with Gasteiger partial charge in [-0.15, -0.1) is 17.9 Å². The summed E-state index contributed by atoms with van der Waals surface area (Å²) in [6.07, 6.45) is 0.537. The highest BCUT2D eigenvalue weighted by atomic mass is 32.1. The fourth-order valence-corrected chi connectivity index (χ4v) is 3.08. The lowest BCUT2D eigenvalue weighted by atomic mass is 10.2. The van der Waals surface area contributed by atoms with E-state index in [-0.39, 0.29) is 0 Å². The third-order valence-corrected chi connectivity index (χ3v) is 4.50. The van der Waals surface area contributed by atoms with E-state index in [1.54, 1.807) is 13.1 Å². The maximum absolute atomic E-state index is 12.1. The van der Waals surface area contributed by atoms with Crippen LogP contribution in [0.4, 0.5) is 0 Å². The number of aliphatic hydroxyl groups excluding tert-OH is 2. The van der Waals surface area contributed by atoms with Gasteiger partial charge >= 0.3 is 0 Å². The molecule has 0 radical (unpaired) electrons. The summed E-state index contributed by atoms with van der Waals surface area (Å²) in [5.41, 5.74) is 0.750. The number of benzene rings is 1. The number of allylic oxidation sites excluding steroid dienone is 1. The third-order valence-electron chi connectivity index (χ3n) is 3.39. The molecule has 2 atom stereocenters. The monoisotopic (exact) mass is 320 g/mol. The molecule has 0 aliphatic heterocycles. The highest BCUT2D eigenvalue weighted by Crippen LogP contribution is 2.28. The Hall–Kier alpha value is -1.76. The zero-order valence-corrected chi connectivity index (χ0v) is 13.3. The lowest BCUT2D eigenvalue weighted by Crippen LogP contribution is -2.40. The van der Waals surface area contributed by atoms with Crippen molar-refractivity contribution < 1.29 is 15.0 Å². The van der Waals surface area contributed by atoms with Crippen LogP contribution in [0.1, 0.15) is 24.0 Å². The summed E-state index contributed by atoms with van der Waals surface area (Å²) in [7, 11) is 1.61. The van der Waals surface area contributed by atoms with E-state index in [4.69, 9.17) is 0 Å². The second kappa shape index (κ2) is 7.49. The number of carbonyl (C=O) groups is 1. The van der Waals surface area contributed by atoms with Gasteiger partial charge in [0.25, 0.3) is 5.91 Å². The number of thiazole rings is 1. The molecule has 0 bridgehead atoms. The summed E-state index contributed by atoms with van der Waals surface area (Å²) in [4.78, 5) is 17.8. The predicted octanol–water partition coefficient (Wildman–Crippen LogP) is 2.12. The SMILES string of the molecule is C=CCCCN(C)C(=O)C(O)C(O)c1nc2ccccc2s1. The maximum Gasteiger partial charge on any atom is 0.254 e. The number of unbranched alkanes of at least 4 members (excludes halogenated alkanes) is 1. The van der Waals surface area contributed by atoms with E-state index in [0.29, 0.717) is 11.6 Å². The van der Waals surface area contributed by atoms with E-state index in [1.807, 2.05) is 24.3 Å². The van der Waals surface area contributed by atoms with Crippen LogP contribution in [0.2, 0.25) is 0 Å². The minimum absolute atomic E-state index is 0.349. The van der Waals surface area contributed by atoms with Crippen molar-refractivity contribution in [3.05, 3.63) is 41.9 Å². The minimum Gasteiger partial charge on any atom is -0.383 e. The number of likely N-dealkylation sites (N-methyl/N-ethyl adjacent to an activating group) is 1. The van der Waals surface area contributed by atoms with Crippen LogP contribution in [0.3, 0.4) is 0 Å². The van der Waals surface area contributed by atoms with Gasteiger partial charge in [-0.3, -0.25) is 4.79 Å². The van der Waals surface area contributed by atoms with Crippen molar-refractivity contribution >= 4 is 27.5 Å². The van der Waals surface area contributed by atoms with Crippen molar-refractivity contribution in [3.63, 3.8) is 0 Å². The average molecular weight is 320 g/mol. The number of amides is 1. The smallest absolute Gasteiger partial charge is 0.254 e. The van der Waals surface area contributed by atoms with E-state index < -0.39 is 18.1 Å². The molecule has 0 aliphatic carbocycles. The molecule has 2 N–H and O–H groups in total. The molecule has 1 aromatic carbocycles. The Bertz CT molecular complexity index is 623. The van der Waals surface area contributed by atoms with E-state index in [0.717, 1.165) is 23.1 Å². The molecule has 0 saturated carbocycles. The Labute approximate surface area is 133 Å². The zero-order chi connectivity index (χ0) is 16.1. The van der Waals surface area contributed by atoms with Crippen molar-refractivity contribution in [2.75, 3.05) is 13.6 Å². The van der Waals surface area contributed by atoms with Crippen molar-refractivity contribution in [1.82, 2.24) is 9.88 Å². The van der Waals surface area contributed by atoms with Gasteiger partial charge in [-0.1, -0.05) is 18.2 Å². The summed E-state index contributed by atoms with van der Waals surface area (Å²) in [6, 6.07) is 7.45. The predicted molar refractivity (Wildman–Crippen MR) is 87.7 cm³/mol. The van der Waals surface area contributed by atoms with E-state index >= 15 is 0 Å². The molecular formula is C16H20N2O3S. The van der Waals surface area contributed by atoms with E-state index in [1.165, 1.54) is 16.2 Å². The number of carbonyl (C=O) groups excluding carboxylic acids is 1. The van der Waals surface area contributed by atoms with E-state index in [9.17, 15) is 15.0 Å². The lowest BCUT2D eigenvalue weighted by molar-refractivity contribution is -0.145. The molecular weight excluding hydrogens is 300 g/mol. The molecule has 22 heavy (non-hydrogen) atoms. The van der Waals surface area contributed by atoms with Crippen LogP contribution >= 0.6 is 11.3 Å². The van der Waals surface area contributed by atoms with Crippen molar-refractivity contribution in [3.8, 4) is 0 Å². The molecule has 1 heterocycles. The molecule has 0 spiro atoms. The minimum atomic E-state index is -1.51. The van der Waals surface area contributed by atoms with Gasteiger partial charge in [0.15, 0.2) is 6.10 Å². The fraction of sp³-hybridized carbons (Fsp3) is 0.375. The Morgan fingerprint density at radius 1 is 1.45 bits per heavy atom. The molecule has 1 aromatic heterocycles. The molecule has 5 nitrogen and oxygen atoms in total. The number of hydrogen-bond acceptors (Lipinski definition) is 5. The zero-order valence-electron chi connectivity index (χ0n) is 12.5. The Kier molecular flexibility index (Phi) is 5.65. The van der Waals surface area contributed by atoms with Gasteiger partial charge in [0.1, 0.15) is 11.1 Å². The first-order chi connectivity index (χ1) is 10.5. The molecule has 2 unspecified atom stereocenters. The molecule has 0 fully saturated rings. The first kappa shape index (κ1) is 16.6. The fourth-order valence-electron chi connectivity index (χ4n) is 2.10. The van der Waals surface area contributed by atoms with Gasteiger partial charge < -0.3 is 15.1 Å². The van der Waals surface area contributed by atoms with E-state index in [2.05, 4.69) is 11.6 Å². The van der Waals surface area contributed by atoms with Gasteiger partial charge in [-0.2, -0.15) is 0 Å². The molecule has 0 saturated heterocycles. The lowest BCUT2D eigenvalue weighted by Gasteiger charge is -2.22. The summed E-state index contributed by atoms with van der Waals surface area (Å²) in [5, 5.41) is 20.7. The number of aliphatic hydroxyl groups is 2. The quantitative estimate of drug-likeness (QED) is 0.605. The standard InChI is InChI=1S/C16H20N2O3S/c1-3-4-7-10-18(2)16(21)14(20)13(19)15-17-11-8-5-6-9-12(11)22-15/h3,5-6,8-9,13-14,19-20H,1,4,7,10H2,2H3. The first-order valence-corrected chi connectivity index (χ1v) is 7.93. The van der Waals surface area contributed by atoms with Gasteiger partial charge in [0.2, 0.25) is 0 Å². The van der Waals surface area contributed by atoms with Crippen LogP contribution in [-0.4, -0.2) is 45.7 Å². The topological polar surface area (TPSA) is 73.7 Å². The van der Waals surface area contributed by atoms with Crippen LogP contribution in [0.5, 0.6) is 0 Å². The van der Waals surface area contributed by atoms with Crippen LogP contribution in [0.15, 0.2) is 36.9 Å². The van der Waals surface area contributed by atoms with Crippen molar-refractivity contribution in [1.29, 1.82) is 0 Å². The second-order valence-corrected chi connectivity index (χ2v) is 6.16. The largest absolute Gasteiger partial charge is 0.383 e. The van der Waals surface area contributed by atoms with Crippen molar-refractivity contribution in [2.45, 2.75) is 25.0 Å². The highest BCUT2D eigenvalue weighted by Gasteiger charge is 2.30. The van der Waals surface area contributed by atoms with Crippen LogP contribution < -0.4 is 0 Å². The summed E-state index contributed by atoms with van der Waals surface area (Å²) in [5.74, 6) is -0.504. The Balaban J connectivity index is 2.05. The van der Waals surface area contributed by atoms with Crippen LogP contribution in [-0.2, 0) is 4.79 Å². The van der Waals surface area contributed by atoms with Gasteiger partial charge in [-0.25, -0.2) is 4.98 Å². The van der Waals surface area contributed by atoms with Crippen LogP contribution in [0, 0.1) is 0 Å². The van der Waals surface area contributed by atoms with Gasteiger partial charge in [0.05, 0.1) is 10.2 Å². The summed E-state index contributed by atoms with van der Waals surface area (Å²) >= 11 is 1.28. The number of para-hydroxylation sites is 1. The number of aromatic nitrogens is 1. The molecule has 118 valence electrons. The summed E-state index contributed by atoms with van der Waals surface area (Å²) in [6.45, 7) is 4.13. The first-order valence-electron chi connectivity index (χ1n) is 7.12. The van der Waals surface area contributed by atoms with Crippen LogP contribution in [0.25, 0.3) is 10.2 Å².